The molecule has 0 atom stereocenters. The number of hydrogen-bond acceptors (Lipinski definition) is 5. The summed E-state index contributed by atoms with van der Waals surface area (Å²) < 4.78 is 15.5. The summed E-state index contributed by atoms with van der Waals surface area (Å²) in [7, 11) is 4.49. The number of aryl methyl sites for hydroxylation is 1. The molecular weight excluding hydrogens is 360 g/mol. The molecule has 2 rings (SSSR count). The molecule has 0 bridgehead atoms. The lowest BCUT2D eigenvalue weighted by Crippen LogP contribution is -1.97. The Morgan fingerprint density at radius 3 is 2.11 bits per heavy atom. The number of methoxy groups -OCH3 is 3. The number of carbonyl (C=O) groups is 1. The molecule has 0 amide bonds. The average molecular weight is 388 g/mol. The van der Waals surface area contributed by atoms with Crippen LogP contribution in [-0.2, 0) is 4.79 Å². The van der Waals surface area contributed by atoms with Gasteiger partial charge in [0.2, 0.25) is 5.75 Å². The number of rotatable bonds is 6. The van der Waals surface area contributed by atoms with E-state index in [4.69, 9.17) is 19.3 Å². The third-order valence-corrected chi connectivity index (χ3v) is 3.95. The van der Waals surface area contributed by atoms with Crippen LogP contribution in [0.25, 0.3) is 6.08 Å². The average Bonchev–Trinajstić information content (AvgIpc) is 2.65. The van der Waals surface area contributed by atoms with Gasteiger partial charge in [0.05, 0.1) is 21.3 Å². The van der Waals surface area contributed by atoms with E-state index in [2.05, 4.69) is 13.8 Å². The highest BCUT2D eigenvalue weighted by Crippen LogP contribution is 2.40. The first kappa shape index (κ1) is 22.9. The van der Waals surface area contributed by atoms with Crippen molar-refractivity contribution in [2.45, 2.75) is 26.7 Å². The molecule has 0 saturated carbocycles. The fraction of sp³-hybridized carbons (Fsp3) is 0.318. The molecule has 0 radical (unpaired) electrons. The Morgan fingerprint density at radius 2 is 1.64 bits per heavy atom. The Labute approximate surface area is 166 Å². The van der Waals surface area contributed by atoms with Crippen LogP contribution in [0.3, 0.4) is 0 Å². The van der Waals surface area contributed by atoms with E-state index >= 15 is 0 Å². The van der Waals surface area contributed by atoms with Gasteiger partial charge < -0.3 is 24.4 Å². The van der Waals surface area contributed by atoms with E-state index in [1.165, 1.54) is 27.4 Å². The Balaban J connectivity index is 0.000000307. The van der Waals surface area contributed by atoms with Gasteiger partial charge in [-0.2, -0.15) is 0 Å². The van der Waals surface area contributed by atoms with Crippen LogP contribution >= 0.6 is 0 Å². The van der Waals surface area contributed by atoms with Gasteiger partial charge in [0.25, 0.3) is 0 Å². The van der Waals surface area contributed by atoms with Gasteiger partial charge >= 0.3 is 5.97 Å². The van der Waals surface area contributed by atoms with Gasteiger partial charge in [-0.05, 0) is 48.2 Å². The van der Waals surface area contributed by atoms with Gasteiger partial charge in [0.15, 0.2) is 11.5 Å². The second-order valence-corrected chi connectivity index (χ2v) is 6.31. The number of carboxylic acid groups (broad SMARTS) is 1. The fourth-order valence-corrected chi connectivity index (χ4v) is 2.56. The molecule has 0 unspecified atom stereocenters. The predicted octanol–water partition coefficient (Wildman–Crippen LogP) is 4.63. The molecule has 28 heavy (non-hydrogen) atoms. The summed E-state index contributed by atoms with van der Waals surface area (Å²) in [6, 6.07) is 9.18. The molecule has 152 valence electrons. The lowest BCUT2D eigenvalue weighted by atomic mass is 10.0. The molecule has 0 heterocycles. The standard InChI is InChI=1S/C12H14O5.C10H14O/c1-15-9-6-4-8(5-7-10(13)14)11(16-2)12(9)17-3;1-7(2)9-5-4-8(3)6-10(9)11/h4-7H,1-3H3,(H,13,14);4-7,11H,1-3H3. The number of carboxylic acids is 1. The van der Waals surface area contributed by atoms with Gasteiger partial charge in [0, 0.05) is 11.6 Å². The zero-order valence-electron chi connectivity index (χ0n) is 17.1. The second-order valence-electron chi connectivity index (χ2n) is 6.31. The van der Waals surface area contributed by atoms with Crippen molar-refractivity contribution in [1.29, 1.82) is 0 Å². The van der Waals surface area contributed by atoms with E-state index in [-0.39, 0.29) is 0 Å². The maximum atomic E-state index is 10.5. The highest BCUT2D eigenvalue weighted by atomic mass is 16.5. The number of hydrogen-bond donors (Lipinski definition) is 2. The highest BCUT2D eigenvalue weighted by molar-refractivity contribution is 5.86. The van der Waals surface area contributed by atoms with Crippen molar-refractivity contribution in [3.05, 3.63) is 53.1 Å². The first-order valence-electron chi connectivity index (χ1n) is 8.74. The normalized spacial score (nSPS) is 10.4. The van der Waals surface area contributed by atoms with Crippen molar-refractivity contribution in [2.75, 3.05) is 21.3 Å². The first-order chi connectivity index (χ1) is 13.2. The summed E-state index contributed by atoms with van der Waals surface area (Å²) in [4.78, 5) is 10.5. The van der Waals surface area contributed by atoms with Crippen LogP contribution in [0.2, 0.25) is 0 Å². The minimum absolute atomic E-state index is 0.399. The zero-order chi connectivity index (χ0) is 21.3. The monoisotopic (exact) mass is 388 g/mol. The summed E-state index contributed by atoms with van der Waals surface area (Å²) in [5.74, 6) is 1.18. The zero-order valence-corrected chi connectivity index (χ0v) is 17.1. The van der Waals surface area contributed by atoms with Crippen LogP contribution in [-0.4, -0.2) is 37.5 Å². The molecule has 0 aliphatic carbocycles. The minimum Gasteiger partial charge on any atom is -0.508 e. The quantitative estimate of drug-likeness (QED) is 0.702. The van der Waals surface area contributed by atoms with Crippen LogP contribution in [0.15, 0.2) is 36.4 Å². The summed E-state index contributed by atoms with van der Waals surface area (Å²) >= 11 is 0. The molecule has 0 aromatic heterocycles. The van der Waals surface area contributed by atoms with Crippen molar-refractivity contribution in [2.24, 2.45) is 0 Å². The fourth-order valence-electron chi connectivity index (χ4n) is 2.56. The van der Waals surface area contributed by atoms with E-state index in [0.29, 0.717) is 34.5 Å². The Hall–Kier alpha value is -3.15. The third-order valence-electron chi connectivity index (χ3n) is 3.95. The minimum atomic E-state index is -1.03. The molecule has 0 fully saturated rings. The summed E-state index contributed by atoms with van der Waals surface area (Å²) in [6.07, 6.45) is 2.47. The van der Waals surface area contributed by atoms with Gasteiger partial charge in [-0.25, -0.2) is 4.79 Å². The molecule has 6 nitrogen and oxygen atoms in total. The molecule has 0 spiro atoms. The summed E-state index contributed by atoms with van der Waals surface area (Å²) in [5.41, 5.74) is 2.73. The van der Waals surface area contributed by atoms with E-state index < -0.39 is 5.97 Å². The molecule has 0 aliphatic rings. The van der Waals surface area contributed by atoms with Crippen molar-refractivity contribution in [3.8, 4) is 23.0 Å². The first-order valence-corrected chi connectivity index (χ1v) is 8.74. The van der Waals surface area contributed by atoms with Crippen molar-refractivity contribution in [1.82, 2.24) is 0 Å². The van der Waals surface area contributed by atoms with Crippen LogP contribution in [0.4, 0.5) is 0 Å². The van der Waals surface area contributed by atoms with E-state index in [0.717, 1.165) is 17.2 Å². The van der Waals surface area contributed by atoms with Gasteiger partial charge in [-0.3, -0.25) is 0 Å². The molecule has 0 saturated heterocycles. The number of phenolic OH excluding ortho intramolecular Hbond substituents is 1. The van der Waals surface area contributed by atoms with E-state index in [1.54, 1.807) is 18.2 Å². The largest absolute Gasteiger partial charge is 0.508 e. The number of benzene rings is 2. The van der Waals surface area contributed by atoms with E-state index in [1.807, 2.05) is 19.1 Å². The maximum absolute atomic E-state index is 10.5. The third kappa shape index (κ3) is 6.23. The Kier molecular flexibility index (Phi) is 8.88. The Morgan fingerprint density at radius 1 is 1.00 bits per heavy atom. The number of aromatic hydroxyl groups is 1. The molecule has 2 aromatic carbocycles. The lowest BCUT2D eigenvalue weighted by molar-refractivity contribution is -0.131. The smallest absolute Gasteiger partial charge is 0.328 e. The van der Waals surface area contributed by atoms with Gasteiger partial charge in [-0.1, -0.05) is 26.0 Å². The SMILES string of the molecule is COc1ccc(C=CC(=O)O)c(OC)c1OC.Cc1ccc(C(C)C)c(O)c1. The number of phenols is 1. The van der Waals surface area contributed by atoms with Gasteiger partial charge in [0.1, 0.15) is 5.75 Å². The van der Waals surface area contributed by atoms with E-state index in [9.17, 15) is 9.90 Å². The topological polar surface area (TPSA) is 85.2 Å². The van der Waals surface area contributed by atoms with Crippen molar-refractivity contribution in [3.63, 3.8) is 0 Å². The van der Waals surface area contributed by atoms with Crippen LogP contribution < -0.4 is 14.2 Å². The van der Waals surface area contributed by atoms with Crippen molar-refractivity contribution >= 4 is 12.0 Å². The second kappa shape index (κ2) is 10.9. The van der Waals surface area contributed by atoms with Crippen LogP contribution in [0.1, 0.15) is 36.5 Å². The lowest BCUT2D eigenvalue weighted by Gasteiger charge is -2.13. The number of ether oxygens (including phenoxy) is 3. The predicted molar refractivity (Wildman–Crippen MR) is 110 cm³/mol. The van der Waals surface area contributed by atoms with Crippen LogP contribution in [0, 0.1) is 6.92 Å². The molecule has 2 aromatic rings. The molecular formula is C22H28O6. The highest BCUT2D eigenvalue weighted by Gasteiger charge is 2.14. The van der Waals surface area contributed by atoms with Gasteiger partial charge in [-0.15, -0.1) is 0 Å². The Bertz CT molecular complexity index is 824. The van der Waals surface area contributed by atoms with Crippen molar-refractivity contribution < 1.29 is 29.2 Å². The summed E-state index contributed by atoms with van der Waals surface area (Å²) in [6.45, 7) is 6.12. The van der Waals surface area contributed by atoms with Crippen LogP contribution in [0.5, 0.6) is 23.0 Å². The number of aliphatic carboxylic acids is 1. The molecule has 2 N–H and O–H groups in total. The maximum Gasteiger partial charge on any atom is 0.328 e. The molecule has 6 heteroatoms. The molecule has 0 aliphatic heterocycles. The summed E-state index contributed by atoms with van der Waals surface area (Å²) in [5, 5.41) is 18.0.